The van der Waals surface area contributed by atoms with Crippen LogP contribution in [0.1, 0.15) is 0 Å². The highest BCUT2D eigenvalue weighted by Gasteiger charge is 2.50. The fraction of sp³-hybridized carbons (Fsp3) is 0.706. The molecule has 9 atom stereocenters. The van der Waals surface area contributed by atoms with Crippen molar-refractivity contribution in [1.29, 1.82) is 0 Å². The topological polar surface area (TPSA) is 155 Å². The molecule has 152 valence electrons. The lowest BCUT2D eigenvalue weighted by atomic mass is 9.82. The van der Waals surface area contributed by atoms with Crippen molar-refractivity contribution in [2.45, 2.75) is 37.0 Å². The van der Waals surface area contributed by atoms with E-state index in [9.17, 15) is 30.3 Å². The smallest absolute Gasteiger partial charge is 0.337 e. The predicted molar refractivity (Wildman–Crippen MR) is 86.5 cm³/mol. The van der Waals surface area contributed by atoms with Gasteiger partial charge in [-0.1, -0.05) is 12.2 Å². The van der Waals surface area contributed by atoms with Crippen LogP contribution in [0.2, 0.25) is 0 Å². The van der Waals surface area contributed by atoms with Gasteiger partial charge in [0.2, 0.25) is 6.29 Å². The maximum atomic E-state index is 12.0. The summed E-state index contributed by atoms with van der Waals surface area (Å²) in [5.74, 6) is -1.88. The molecule has 1 fully saturated rings. The van der Waals surface area contributed by atoms with E-state index < -0.39 is 61.4 Å². The highest BCUT2D eigenvalue weighted by atomic mass is 16.8. The van der Waals surface area contributed by atoms with E-state index in [0.29, 0.717) is 0 Å². The number of aliphatic hydroxyl groups excluding tert-OH is 5. The maximum absolute atomic E-state index is 12.0. The molecule has 0 spiro atoms. The summed E-state index contributed by atoms with van der Waals surface area (Å²) in [6, 6.07) is 0. The second-order valence-electron chi connectivity index (χ2n) is 6.74. The summed E-state index contributed by atoms with van der Waals surface area (Å²) in [6.45, 7) is -0.806. The zero-order valence-corrected chi connectivity index (χ0v) is 14.6. The summed E-state index contributed by atoms with van der Waals surface area (Å²) < 4.78 is 21.3. The Morgan fingerprint density at radius 1 is 1.07 bits per heavy atom. The molecule has 1 aliphatic carbocycles. The summed E-state index contributed by atoms with van der Waals surface area (Å²) in [5, 5.41) is 48.8. The van der Waals surface area contributed by atoms with Crippen molar-refractivity contribution in [2.24, 2.45) is 17.8 Å². The Kier molecular flexibility index (Phi) is 6.16. The van der Waals surface area contributed by atoms with Crippen molar-refractivity contribution in [3.05, 3.63) is 24.0 Å². The maximum Gasteiger partial charge on any atom is 0.337 e. The molecule has 0 radical (unpaired) electrons. The van der Waals surface area contributed by atoms with Gasteiger partial charge in [-0.3, -0.25) is 0 Å². The minimum absolute atomic E-state index is 0.218. The molecule has 10 heteroatoms. The third-order valence-corrected chi connectivity index (χ3v) is 5.23. The summed E-state index contributed by atoms with van der Waals surface area (Å²) in [5.41, 5.74) is 0.267. The van der Waals surface area contributed by atoms with Crippen LogP contribution in [0.3, 0.4) is 0 Å². The van der Waals surface area contributed by atoms with Gasteiger partial charge >= 0.3 is 5.97 Å². The fourth-order valence-electron chi connectivity index (χ4n) is 3.70. The first-order valence-corrected chi connectivity index (χ1v) is 8.61. The molecule has 3 rings (SSSR count). The molecular weight excluding hydrogens is 364 g/mol. The van der Waals surface area contributed by atoms with Gasteiger partial charge in [0.25, 0.3) is 0 Å². The zero-order chi connectivity index (χ0) is 19.7. The number of allylic oxidation sites excluding steroid dienone is 1. The normalized spacial score (nSPS) is 43.6. The quantitative estimate of drug-likeness (QED) is 0.255. The first-order valence-electron chi connectivity index (χ1n) is 8.61. The molecule has 0 bridgehead atoms. The Hall–Kier alpha value is -1.53. The van der Waals surface area contributed by atoms with Gasteiger partial charge in [0, 0.05) is 24.4 Å². The van der Waals surface area contributed by atoms with Gasteiger partial charge in [-0.15, -0.1) is 0 Å². The molecule has 3 aliphatic rings. The average Bonchev–Trinajstić information content (AvgIpc) is 3.12. The van der Waals surface area contributed by atoms with Crippen molar-refractivity contribution in [1.82, 2.24) is 0 Å². The van der Waals surface area contributed by atoms with Gasteiger partial charge in [-0.05, 0) is 0 Å². The van der Waals surface area contributed by atoms with E-state index in [0.717, 1.165) is 0 Å². The lowest BCUT2D eigenvalue weighted by Crippen LogP contribution is -2.60. The number of methoxy groups -OCH3 is 1. The monoisotopic (exact) mass is 388 g/mol. The van der Waals surface area contributed by atoms with Gasteiger partial charge in [0.05, 0.1) is 25.6 Å². The van der Waals surface area contributed by atoms with E-state index in [1.807, 2.05) is 0 Å². The van der Waals surface area contributed by atoms with Gasteiger partial charge in [-0.25, -0.2) is 4.79 Å². The van der Waals surface area contributed by atoms with Crippen LogP contribution in [0.25, 0.3) is 0 Å². The number of aliphatic hydroxyl groups is 5. The van der Waals surface area contributed by atoms with Gasteiger partial charge in [0.15, 0.2) is 6.29 Å². The van der Waals surface area contributed by atoms with E-state index in [2.05, 4.69) is 0 Å². The van der Waals surface area contributed by atoms with Crippen LogP contribution in [-0.4, -0.2) is 88.8 Å². The Morgan fingerprint density at radius 3 is 2.44 bits per heavy atom. The van der Waals surface area contributed by atoms with E-state index in [1.54, 1.807) is 12.2 Å². The summed E-state index contributed by atoms with van der Waals surface area (Å²) in [4.78, 5) is 12.0. The van der Waals surface area contributed by atoms with Crippen LogP contribution in [0.15, 0.2) is 24.0 Å². The number of ether oxygens (including phenoxy) is 4. The first-order chi connectivity index (χ1) is 12.9. The number of fused-ring (bicyclic) bond motifs is 1. The van der Waals surface area contributed by atoms with E-state index in [-0.39, 0.29) is 18.1 Å². The van der Waals surface area contributed by atoms with Crippen LogP contribution in [-0.2, 0) is 23.7 Å². The SMILES string of the molecule is COC(=O)C1=CO[C@@H](O[C@@H]2O[C@H](CO)[C@@H](O)[C@H](O)[C@H]2O)[C@@H]2[C@@H](CO)C=C[C@H]12. The fourth-order valence-corrected chi connectivity index (χ4v) is 3.70. The van der Waals surface area contributed by atoms with E-state index in [4.69, 9.17) is 18.9 Å². The molecule has 27 heavy (non-hydrogen) atoms. The number of hydrogen-bond donors (Lipinski definition) is 5. The van der Waals surface area contributed by atoms with Crippen LogP contribution in [0.4, 0.5) is 0 Å². The second-order valence-corrected chi connectivity index (χ2v) is 6.74. The number of rotatable bonds is 5. The van der Waals surface area contributed by atoms with Crippen molar-refractivity contribution in [3.8, 4) is 0 Å². The number of hydrogen-bond acceptors (Lipinski definition) is 10. The van der Waals surface area contributed by atoms with Crippen LogP contribution >= 0.6 is 0 Å². The average molecular weight is 388 g/mol. The standard InChI is InChI=1S/C17H24O10/c1-24-15(23)9-6-25-16(11-7(4-18)2-3-8(9)11)27-17-14(22)13(21)12(20)10(5-19)26-17/h2-3,6-8,10-14,16-22H,4-5H2,1H3/t7-,8-,10-,11-,12-,13+,14-,16+,17+/m1/s1. The van der Waals surface area contributed by atoms with Crippen molar-refractivity contribution >= 4 is 5.97 Å². The Labute approximate surface area is 155 Å². The molecule has 0 aromatic heterocycles. The molecule has 5 N–H and O–H groups in total. The Balaban J connectivity index is 1.80. The third kappa shape index (κ3) is 3.61. The molecule has 0 unspecified atom stereocenters. The van der Waals surface area contributed by atoms with E-state index >= 15 is 0 Å². The number of esters is 1. The largest absolute Gasteiger partial charge is 0.472 e. The van der Waals surface area contributed by atoms with Crippen molar-refractivity contribution in [3.63, 3.8) is 0 Å². The van der Waals surface area contributed by atoms with E-state index in [1.165, 1.54) is 13.4 Å². The predicted octanol–water partition coefficient (Wildman–Crippen LogP) is -2.37. The lowest BCUT2D eigenvalue weighted by molar-refractivity contribution is -0.342. The van der Waals surface area contributed by atoms with Crippen LogP contribution in [0.5, 0.6) is 0 Å². The van der Waals surface area contributed by atoms with Gasteiger partial charge in [-0.2, -0.15) is 0 Å². The van der Waals surface area contributed by atoms with Gasteiger partial charge in [0.1, 0.15) is 24.4 Å². The number of carbonyl (C=O) groups excluding carboxylic acids is 1. The van der Waals surface area contributed by atoms with Crippen molar-refractivity contribution in [2.75, 3.05) is 20.3 Å². The Morgan fingerprint density at radius 2 is 1.81 bits per heavy atom. The third-order valence-electron chi connectivity index (χ3n) is 5.23. The highest BCUT2D eigenvalue weighted by Crippen LogP contribution is 2.43. The minimum Gasteiger partial charge on any atom is -0.472 e. The molecule has 0 aromatic rings. The highest BCUT2D eigenvalue weighted by molar-refractivity contribution is 5.89. The lowest BCUT2D eigenvalue weighted by Gasteiger charge is -2.43. The molecule has 0 saturated carbocycles. The van der Waals surface area contributed by atoms with Crippen LogP contribution in [0, 0.1) is 17.8 Å². The molecule has 1 saturated heterocycles. The molecule has 2 aliphatic heterocycles. The molecule has 10 nitrogen and oxygen atoms in total. The summed E-state index contributed by atoms with van der Waals surface area (Å²) in [7, 11) is 1.25. The first kappa shape index (κ1) is 20.2. The van der Waals surface area contributed by atoms with Gasteiger partial charge < -0.3 is 44.5 Å². The van der Waals surface area contributed by atoms with Crippen LogP contribution < -0.4 is 0 Å². The number of carbonyl (C=O) groups is 1. The minimum atomic E-state index is -1.59. The summed E-state index contributed by atoms with van der Waals surface area (Å²) in [6.07, 6.45) is -3.51. The second kappa shape index (κ2) is 8.23. The molecule has 0 amide bonds. The Bertz CT molecular complexity index is 603. The molecular formula is C17H24O10. The molecule has 2 heterocycles. The van der Waals surface area contributed by atoms with Crippen molar-refractivity contribution < 1.29 is 49.3 Å². The zero-order valence-electron chi connectivity index (χ0n) is 14.6. The molecule has 0 aromatic carbocycles. The summed E-state index contributed by atoms with van der Waals surface area (Å²) >= 11 is 0.